The molecule has 0 radical (unpaired) electrons. The Morgan fingerprint density at radius 2 is 2.14 bits per heavy atom. The second-order valence-corrected chi connectivity index (χ2v) is 8.48. The summed E-state index contributed by atoms with van der Waals surface area (Å²) in [5, 5.41) is 4.60. The van der Waals surface area contributed by atoms with E-state index in [1.807, 2.05) is 18.3 Å². The number of pyridine rings is 1. The fourth-order valence-corrected chi connectivity index (χ4v) is 3.83. The molecule has 1 aliphatic rings. The highest BCUT2D eigenvalue weighted by molar-refractivity contribution is 9.10. The van der Waals surface area contributed by atoms with Gasteiger partial charge in [0.25, 0.3) is 0 Å². The Morgan fingerprint density at radius 3 is 2.76 bits per heavy atom. The second kappa shape index (κ2) is 5.78. The van der Waals surface area contributed by atoms with Crippen LogP contribution < -0.4 is 5.32 Å². The summed E-state index contributed by atoms with van der Waals surface area (Å²) in [7, 11) is 0. The first-order chi connectivity index (χ1) is 9.94. The zero-order chi connectivity index (χ0) is 15.0. The van der Waals surface area contributed by atoms with Gasteiger partial charge in [0.05, 0.1) is 5.69 Å². The van der Waals surface area contributed by atoms with Crippen molar-refractivity contribution in [1.29, 1.82) is 0 Å². The summed E-state index contributed by atoms with van der Waals surface area (Å²) in [5.74, 6) is 0.661. The lowest BCUT2D eigenvalue weighted by Gasteiger charge is -2.20. The van der Waals surface area contributed by atoms with E-state index in [0.717, 1.165) is 21.7 Å². The van der Waals surface area contributed by atoms with Crippen LogP contribution in [0.3, 0.4) is 0 Å². The zero-order valence-electron chi connectivity index (χ0n) is 12.6. The van der Waals surface area contributed by atoms with Crippen molar-refractivity contribution in [2.75, 3.05) is 0 Å². The van der Waals surface area contributed by atoms with Crippen molar-refractivity contribution in [1.82, 2.24) is 15.3 Å². The number of halogens is 1. The summed E-state index contributed by atoms with van der Waals surface area (Å²) in [5.41, 5.74) is 2.35. The topological polar surface area (TPSA) is 37.8 Å². The Hall–Kier alpha value is -0.780. The fraction of sp³-hybridized carbons (Fsp3) is 0.500. The second-order valence-electron chi connectivity index (χ2n) is 6.54. The summed E-state index contributed by atoms with van der Waals surface area (Å²) in [6.45, 7) is 7.47. The van der Waals surface area contributed by atoms with E-state index < -0.39 is 0 Å². The lowest BCUT2D eigenvalue weighted by atomic mass is 10.1. The van der Waals surface area contributed by atoms with E-state index in [-0.39, 0.29) is 5.54 Å². The van der Waals surface area contributed by atoms with E-state index in [9.17, 15) is 0 Å². The Balaban J connectivity index is 1.91. The lowest BCUT2D eigenvalue weighted by Crippen LogP contribution is -2.35. The van der Waals surface area contributed by atoms with Gasteiger partial charge in [-0.25, -0.2) is 4.98 Å². The summed E-state index contributed by atoms with van der Waals surface area (Å²) >= 11 is 5.35. The van der Waals surface area contributed by atoms with Gasteiger partial charge in [0, 0.05) is 33.5 Å². The molecule has 0 amide bonds. The number of hydrogen-bond acceptors (Lipinski definition) is 4. The van der Waals surface area contributed by atoms with Crippen molar-refractivity contribution in [2.45, 2.75) is 51.6 Å². The zero-order valence-corrected chi connectivity index (χ0v) is 15.0. The molecule has 0 spiro atoms. The summed E-state index contributed by atoms with van der Waals surface area (Å²) in [4.78, 5) is 10.7. The molecule has 1 saturated carbocycles. The molecular formula is C16H20BrN3S. The Kier molecular flexibility index (Phi) is 4.17. The predicted octanol–water partition coefficient (Wildman–Crippen LogP) is 4.73. The molecule has 1 fully saturated rings. The quantitative estimate of drug-likeness (QED) is 0.850. The molecule has 3 rings (SSSR count). The van der Waals surface area contributed by atoms with Crippen LogP contribution in [0.4, 0.5) is 0 Å². The van der Waals surface area contributed by atoms with Gasteiger partial charge < -0.3 is 5.32 Å². The van der Waals surface area contributed by atoms with Crippen LogP contribution in [-0.2, 0) is 6.54 Å². The number of nitrogens with one attached hydrogen (secondary N) is 1. The number of aromatic nitrogens is 2. The first kappa shape index (κ1) is 15.1. The number of thiazole rings is 1. The first-order valence-corrected chi connectivity index (χ1v) is 8.90. The minimum absolute atomic E-state index is 0.122. The molecule has 5 heteroatoms. The van der Waals surface area contributed by atoms with Crippen LogP contribution in [-0.4, -0.2) is 15.5 Å². The molecule has 3 nitrogen and oxygen atoms in total. The standard InChI is InChI=1S/C16H20BrN3S/c1-16(2,3)19-9-12-13(10-6-7-10)20-15(21-12)14-11(17)5-4-8-18-14/h4-5,8,10,19H,6-7,9H2,1-3H3. The van der Waals surface area contributed by atoms with Gasteiger partial charge in [0.15, 0.2) is 0 Å². The summed E-state index contributed by atoms with van der Waals surface area (Å²) in [6, 6.07) is 3.96. The van der Waals surface area contributed by atoms with E-state index in [4.69, 9.17) is 4.98 Å². The monoisotopic (exact) mass is 365 g/mol. The van der Waals surface area contributed by atoms with Gasteiger partial charge in [-0.3, -0.25) is 4.98 Å². The van der Waals surface area contributed by atoms with Crippen LogP contribution in [0.1, 0.15) is 50.1 Å². The highest BCUT2D eigenvalue weighted by Crippen LogP contribution is 2.44. The van der Waals surface area contributed by atoms with Gasteiger partial charge in [-0.1, -0.05) is 0 Å². The largest absolute Gasteiger partial charge is 0.307 e. The lowest BCUT2D eigenvalue weighted by molar-refractivity contribution is 0.425. The highest BCUT2D eigenvalue weighted by atomic mass is 79.9. The molecule has 0 atom stereocenters. The molecule has 0 unspecified atom stereocenters. The van der Waals surface area contributed by atoms with E-state index in [0.29, 0.717) is 5.92 Å². The maximum absolute atomic E-state index is 4.89. The highest BCUT2D eigenvalue weighted by Gasteiger charge is 2.30. The maximum atomic E-state index is 4.89. The molecule has 2 aromatic rings. The molecule has 2 heterocycles. The van der Waals surface area contributed by atoms with Crippen molar-refractivity contribution in [3.05, 3.63) is 33.4 Å². The van der Waals surface area contributed by atoms with E-state index in [1.54, 1.807) is 11.3 Å². The Bertz CT molecular complexity index is 641. The van der Waals surface area contributed by atoms with Crippen LogP contribution in [0.15, 0.2) is 22.8 Å². The molecule has 112 valence electrons. The van der Waals surface area contributed by atoms with Crippen molar-refractivity contribution in [3.63, 3.8) is 0 Å². The fourth-order valence-electron chi connectivity index (χ4n) is 2.16. The maximum Gasteiger partial charge on any atom is 0.143 e. The normalized spacial score (nSPS) is 15.4. The third-order valence-electron chi connectivity index (χ3n) is 3.43. The number of rotatable bonds is 4. The van der Waals surface area contributed by atoms with Crippen LogP contribution >= 0.6 is 27.3 Å². The molecule has 21 heavy (non-hydrogen) atoms. The van der Waals surface area contributed by atoms with Crippen molar-refractivity contribution < 1.29 is 0 Å². The van der Waals surface area contributed by atoms with E-state index in [2.05, 4.69) is 47.0 Å². The molecule has 2 aromatic heterocycles. The van der Waals surface area contributed by atoms with Gasteiger partial charge >= 0.3 is 0 Å². The number of hydrogen-bond donors (Lipinski definition) is 1. The molecule has 1 N–H and O–H groups in total. The van der Waals surface area contributed by atoms with Gasteiger partial charge in [0.2, 0.25) is 0 Å². The van der Waals surface area contributed by atoms with Crippen molar-refractivity contribution >= 4 is 27.3 Å². The smallest absolute Gasteiger partial charge is 0.143 e. The number of nitrogens with zero attached hydrogens (tertiary/aromatic N) is 2. The summed E-state index contributed by atoms with van der Waals surface area (Å²) < 4.78 is 1.01. The Labute approximate surface area is 138 Å². The molecule has 0 aliphatic heterocycles. The minimum atomic E-state index is 0.122. The molecule has 1 aliphatic carbocycles. The van der Waals surface area contributed by atoms with Crippen LogP contribution in [0.5, 0.6) is 0 Å². The SMILES string of the molecule is CC(C)(C)NCc1sc(-c2ncccc2Br)nc1C1CC1. The predicted molar refractivity (Wildman–Crippen MR) is 91.6 cm³/mol. The molecular weight excluding hydrogens is 346 g/mol. The van der Waals surface area contributed by atoms with Gasteiger partial charge in [-0.05, 0) is 61.7 Å². The van der Waals surface area contributed by atoms with Crippen LogP contribution in [0.2, 0.25) is 0 Å². The van der Waals surface area contributed by atoms with Crippen LogP contribution in [0.25, 0.3) is 10.7 Å². The Morgan fingerprint density at radius 1 is 1.38 bits per heavy atom. The average molecular weight is 366 g/mol. The third kappa shape index (κ3) is 3.71. The van der Waals surface area contributed by atoms with Gasteiger partial charge in [-0.2, -0.15) is 0 Å². The van der Waals surface area contributed by atoms with E-state index >= 15 is 0 Å². The molecule has 0 saturated heterocycles. The average Bonchev–Trinajstić information content (AvgIpc) is 3.17. The van der Waals surface area contributed by atoms with Crippen molar-refractivity contribution in [3.8, 4) is 10.7 Å². The van der Waals surface area contributed by atoms with E-state index in [1.165, 1.54) is 23.4 Å². The first-order valence-electron chi connectivity index (χ1n) is 7.29. The van der Waals surface area contributed by atoms with Gasteiger partial charge in [0.1, 0.15) is 10.7 Å². The summed E-state index contributed by atoms with van der Waals surface area (Å²) in [6.07, 6.45) is 4.37. The van der Waals surface area contributed by atoms with Gasteiger partial charge in [-0.15, -0.1) is 11.3 Å². The molecule has 0 bridgehead atoms. The molecule has 0 aromatic carbocycles. The van der Waals surface area contributed by atoms with Crippen LogP contribution in [0, 0.1) is 0 Å². The minimum Gasteiger partial charge on any atom is -0.307 e. The third-order valence-corrected chi connectivity index (χ3v) is 5.15. The van der Waals surface area contributed by atoms with Crippen molar-refractivity contribution in [2.24, 2.45) is 0 Å².